The lowest BCUT2D eigenvalue weighted by molar-refractivity contribution is -0.131. The zero-order chi connectivity index (χ0) is 31.1. The fourth-order valence-corrected chi connectivity index (χ4v) is 6.12. The number of anilines is 3. The van der Waals surface area contributed by atoms with Gasteiger partial charge in [0.1, 0.15) is 41.6 Å². The van der Waals surface area contributed by atoms with E-state index in [2.05, 4.69) is 31.8 Å². The van der Waals surface area contributed by atoms with Gasteiger partial charge in [0.05, 0.1) is 28.5 Å². The van der Waals surface area contributed by atoms with Crippen molar-refractivity contribution in [3.63, 3.8) is 0 Å². The highest BCUT2D eigenvalue weighted by Gasteiger charge is 2.40. The largest absolute Gasteiger partial charge is 0.383 e. The molecule has 0 radical (unpaired) electrons. The van der Waals surface area contributed by atoms with Crippen LogP contribution >= 0.6 is 0 Å². The van der Waals surface area contributed by atoms with Crippen molar-refractivity contribution in [2.24, 2.45) is 0 Å². The van der Waals surface area contributed by atoms with Crippen LogP contribution in [0.5, 0.6) is 0 Å². The predicted octanol–water partition coefficient (Wildman–Crippen LogP) is 4.36. The molecular weight excluding hydrogens is 578 g/mol. The lowest BCUT2D eigenvalue weighted by Crippen LogP contribution is -2.45. The van der Waals surface area contributed by atoms with Gasteiger partial charge in [-0.1, -0.05) is 18.2 Å². The Bertz CT molecular complexity index is 1970. The molecular formula is C32H28F2N10O. The van der Waals surface area contributed by atoms with Gasteiger partial charge in [-0.25, -0.2) is 28.4 Å². The summed E-state index contributed by atoms with van der Waals surface area (Å²) in [7, 11) is 1.78. The summed E-state index contributed by atoms with van der Waals surface area (Å²) in [6.07, 6.45) is 4.03. The second kappa shape index (κ2) is 11.5. The van der Waals surface area contributed by atoms with Gasteiger partial charge in [0.2, 0.25) is 5.91 Å². The minimum atomic E-state index is -0.774. The van der Waals surface area contributed by atoms with E-state index in [-0.39, 0.29) is 17.6 Å². The first-order valence-corrected chi connectivity index (χ1v) is 14.6. The number of pyridine rings is 1. The molecule has 7 rings (SSSR count). The molecule has 0 unspecified atom stereocenters. The van der Waals surface area contributed by atoms with Crippen molar-refractivity contribution in [3.05, 3.63) is 84.3 Å². The van der Waals surface area contributed by atoms with Crippen molar-refractivity contribution in [1.29, 1.82) is 5.26 Å². The summed E-state index contributed by atoms with van der Waals surface area (Å²) in [5, 5.41) is 21.6. The number of aromatic nitrogens is 5. The van der Waals surface area contributed by atoms with Crippen LogP contribution in [0.3, 0.4) is 0 Å². The van der Waals surface area contributed by atoms with Gasteiger partial charge in [-0.3, -0.25) is 4.79 Å². The van der Waals surface area contributed by atoms with Crippen molar-refractivity contribution < 1.29 is 13.6 Å². The minimum absolute atomic E-state index is 0.0499. The van der Waals surface area contributed by atoms with E-state index in [1.54, 1.807) is 18.0 Å². The summed E-state index contributed by atoms with van der Waals surface area (Å²) in [4.78, 5) is 31.4. The highest BCUT2D eigenvalue weighted by molar-refractivity contribution is 5.92. The highest BCUT2D eigenvalue weighted by atomic mass is 19.1. The molecule has 1 fully saturated rings. The van der Waals surface area contributed by atoms with Crippen molar-refractivity contribution in [3.8, 4) is 23.0 Å². The molecule has 2 aromatic carbocycles. The number of hydrogen-bond donors (Lipinski definition) is 2. The van der Waals surface area contributed by atoms with Crippen LogP contribution in [-0.4, -0.2) is 74.3 Å². The van der Waals surface area contributed by atoms with Gasteiger partial charge in [-0.05, 0) is 43.2 Å². The molecule has 2 atom stereocenters. The van der Waals surface area contributed by atoms with Gasteiger partial charge < -0.3 is 20.4 Å². The maximum Gasteiger partial charge on any atom is 0.245 e. The van der Waals surface area contributed by atoms with Gasteiger partial charge in [-0.15, -0.1) is 0 Å². The van der Waals surface area contributed by atoms with E-state index in [0.717, 1.165) is 23.4 Å². The Morgan fingerprint density at radius 3 is 2.80 bits per heavy atom. The molecule has 4 bridgehead atoms. The number of rotatable bonds is 2. The third-order valence-corrected chi connectivity index (χ3v) is 8.25. The van der Waals surface area contributed by atoms with Crippen LogP contribution in [0.4, 0.5) is 26.1 Å². The Balaban J connectivity index is 1.27. The fourth-order valence-electron chi connectivity index (χ4n) is 6.12. The van der Waals surface area contributed by atoms with Crippen LogP contribution in [0, 0.1) is 23.0 Å². The molecule has 2 aliphatic rings. The van der Waals surface area contributed by atoms with Gasteiger partial charge in [0.25, 0.3) is 0 Å². The smallest absolute Gasteiger partial charge is 0.245 e. The Kier molecular flexibility index (Phi) is 7.17. The average Bonchev–Trinajstić information content (AvgIpc) is 3.67. The number of fused-ring (bicyclic) bond motifs is 7. The van der Waals surface area contributed by atoms with Gasteiger partial charge >= 0.3 is 0 Å². The monoisotopic (exact) mass is 606 g/mol. The van der Waals surface area contributed by atoms with Crippen LogP contribution < -0.4 is 15.5 Å². The molecule has 2 aliphatic heterocycles. The Hall–Kier alpha value is -5.64. The first-order chi connectivity index (χ1) is 21.9. The molecule has 0 spiro atoms. The van der Waals surface area contributed by atoms with Crippen LogP contribution in [-0.2, 0) is 4.79 Å². The number of carbonyl (C=O) groups is 1. The topological polar surface area (TPSA) is 128 Å². The molecule has 5 heterocycles. The molecule has 0 saturated carbocycles. The maximum absolute atomic E-state index is 14.7. The number of carbonyl (C=O) groups excluding carboxylic acids is 1. The molecule has 1 saturated heterocycles. The molecule has 13 heteroatoms. The zero-order valence-corrected chi connectivity index (χ0v) is 24.3. The van der Waals surface area contributed by atoms with Crippen LogP contribution in [0.2, 0.25) is 0 Å². The molecule has 3 aromatic heterocycles. The highest BCUT2D eigenvalue weighted by Crippen LogP contribution is 2.34. The van der Waals surface area contributed by atoms with Crippen LogP contribution in [0.25, 0.3) is 28.0 Å². The normalized spacial score (nSPS) is 18.4. The SMILES string of the molecule is CN1CCCNc2c(C#N)cccc2-c2cccc(n2)N[C@H]2C[C@@H](C1=O)N(c1ncnc3c1cnn3-c1ccc(F)cc1F)C2. The summed E-state index contributed by atoms with van der Waals surface area (Å²) >= 11 is 0. The maximum atomic E-state index is 14.7. The Morgan fingerprint density at radius 2 is 1.96 bits per heavy atom. The van der Waals surface area contributed by atoms with E-state index in [4.69, 9.17) is 4.98 Å². The van der Waals surface area contributed by atoms with E-state index in [0.29, 0.717) is 66.4 Å². The number of nitrogens with zero attached hydrogens (tertiary/aromatic N) is 8. The lowest BCUT2D eigenvalue weighted by atomic mass is 10.0. The number of nitriles is 1. The lowest BCUT2D eigenvalue weighted by Gasteiger charge is -2.29. The van der Waals surface area contributed by atoms with Gasteiger partial charge in [-0.2, -0.15) is 10.4 Å². The molecule has 11 nitrogen and oxygen atoms in total. The number of hydrogen-bond acceptors (Lipinski definition) is 9. The minimum Gasteiger partial charge on any atom is -0.383 e. The van der Waals surface area contributed by atoms with Crippen LogP contribution in [0.1, 0.15) is 18.4 Å². The van der Waals surface area contributed by atoms with E-state index in [1.807, 2.05) is 35.2 Å². The Labute approximate surface area is 257 Å². The summed E-state index contributed by atoms with van der Waals surface area (Å²) < 4.78 is 29.6. The van der Waals surface area contributed by atoms with Crippen LogP contribution in [0.15, 0.2) is 67.1 Å². The molecule has 45 heavy (non-hydrogen) atoms. The second-order valence-corrected chi connectivity index (χ2v) is 11.1. The summed E-state index contributed by atoms with van der Waals surface area (Å²) in [6, 6.07) is 16.1. The van der Waals surface area contributed by atoms with Crippen molar-refractivity contribution in [2.45, 2.75) is 24.9 Å². The molecule has 226 valence electrons. The summed E-state index contributed by atoms with van der Waals surface area (Å²) in [5.74, 6) is -0.411. The average molecular weight is 607 g/mol. The van der Waals surface area contributed by atoms with Gasteiger partial charge in [0, 0.05) is 44.4 Å². The number of amides is 1. The van der Waals surface area contributed by atoms with Crippen molar-refractivity contribution >= 4 is 34.3 Å². The Morgan fingerprint density at radius 1 is 1.09 bits per heavy atom. The van der Waals surface area contributed by atoms with E-state index in [9.17, 15) is 18.8 Å². The first-order valence-electron chi connectivity index (χ1n) is 14.6. The molecule has 1 amide bonds. The third kappa shape index (κ3) is 5.14. The number of nitrogens with one attached hydrogen (secondary N) is 2. The molecule has 5 aromatic rings. The summed E-state index contributed by atoms with van der Waals surface area (Å²) in [6.45, 7) is 1.46. The van der Waals surface area contributed by atoms with E-state index >= 15 is 0 Å². The van der Waals surface area contributed by atoms with E-state index < -0.39 is 17.7 Å². The molecule has 2 N–H and O–H groups in total. The van der Waals surface area contributed by atoms with Crippen molar-refractivity contribution in [1.82, 2.24) is 29.6 Å². The number of halogens is 2. The van der Waals surface area contributed by atoms with E-state index in [1.165, 1.54) is 23.3 Å². The fraction of sp³-hybridized carbons (Fsp3) is 0.250. The number of benzene rings is 2. The van der Waals surface area contributed by atoms with Crippen molar-refractivity contribution in [2.75, 3.05) is 42.2 Å². The predicted molar refractivity (Wildman–Crippen MR) is 165 cm³/mol. The zero-order valence-electron chi connectivity index (χ0n) is 24.3. The quantitative estimate of drug-likeness (QED) is 0.301. The standard InChI is InChI=1S/C32H28F2N10O/c1-42-12-4-11-36-29-19(15-35)5-2-6-22(29)25-7-3-8-28(41-25)40-21-14-27(32(42)45)43(17-21)30-23-16-39-44(31(23)38-18-37-30)26-10-9-20(33)13-24(26)34/h2-3,5-10,13,16,18,21,27,36H,4,11-12,14,17H2,1H3,(H,40,41)/t21-,27-/m0/s1. The molecule has 0 aliphatic carbocycles. The number of para-hydroxylation sites is 1. The summed E-state index contributed by atoms with van der Waals surface area (Å²) in [5.41, 5.74) is 3.16. The second-order valence-electron chi connectivity index (χ2n) is 11.1. The van der Waals surface area contributed by atoms with Gasteiger partial charge in [0.15, 0.2) is 11.5 Å². The number of likely N-dealkylation sites (N-methyl/N-ethyl adjacent to an activating group) is 1. The first kappa shape index (κ1) is 28.1. The third-order valence-electron chi connectivity index (χ3n) is 8.25.